The van der Waals surface area contributed by atoms with Crippen LogP contribution in [-0.4, -0.2) is 57.3 Å². The molecule has 0 saturated carbocycles. The fourth-order valence-corrected chi connectivity index (χ4v) is 10.1. The Morgan fingerprint density at radius 3 is 1.18 bits per heavy atom. The average Bonchev–Trinajstić information content (AvgIpc) is 3.01. The Labute approximate surface area is 244 Å². The summed E-state index contributed by atoms with van der Waals surface area (Å²) in [6.45, 7) is 6.02. The highest BCUT2D eigenvalue weighted by atomic mass is 28.4. The van der Waals surface area contributed by atoms with E-state index in [1.165, 1.54) is 0 Å². The molecule has 3 unspecified atom stereocenters. The summed E-state index contributed by atoms with van der Waals surface area (Å²) in [5.74, 6) is 1.43. The predicted molar refractivity (Wildman–Crippen MR) is 168 cm³/mol. The van der Waals surface area contributed by atoms with Crippen LogP contribution in [0.4, 0.5) is 0 Å². The van der Waals surface area contributed by atoms with E-state index >= 15 is 0 Å². The van der Waals surface area contributed by atoms with E-state index in [-0.39, 0.29) is 0 Å². The molecule has 3 atom stereocenters. The molecule has 207 valence electrons. The van der Waals surface area contributed by atoms with Gasteiger partial charge in [-0.3, -0.25) is 0 Å². The first-order valence-corrected chi connectivity index (χ1v) is 20.4. The van der Waals surface area contributed by atoms with Gasteiger partial charge < -0.3 is 26.6 Å². The summed E-state index contributed by atoms with van der Waals surface area (Å²) in [4.78, 5) is 0. The molecule has 0 spiro atoms. The molecule has 0 fully saturated rings. The molecule has 3 radical (unpaired) electrons. The van der Waals surface area contributed by atoms with E-state index in [9.17, 15) is 0 Å². The van der Waals surface area contributed by atoms with Crippen molar-refractivity contribution in [2.75, 3.05) is 21.3 Å². The van der Waals surface area contributed by atoms with Crippen LogP contribution in [0.3, 0.4) is 0 Å². The topological polar surface area (TPSA) is 55.4 Å². The van der Waals surface area contributed by atoms with Crippen molar-refractivity contribution in [3.63, 3.8) is 0 Å². The number of rotatable bonds is 12. The Morgan fingerprint density at radius 1 is 0.450 bits per heavy atom. The summed E-state index contributed by atoms with van der Waals surface area (Å²) in [5.41, 5.74) is 0. The maximum absolute atomic E-state index is 6.90. The maximum atomic E-state index is 6.90. The second kappa shape index (κ2) is 12.7. The molecule has 0 aliphatic carbocycles. The third-order valence-electron chi connectivity index (χ3n) is 7.04. The quantitative estimate of drug-likeness (QED) is 0.231. The summed E-state index contributed by atoms with van der Waals surface area (Å²) >= 11 is 0. The van der Waals surface area contributed by atoms with E-state index in [0.717, 1.165) is 15.6 Å². The Hall–Kier alpha value is -2.97. The molecule has 0 saturated heterocycles. The molecule has 6 nitrogen and oxygen atoms in total. The zero-order valence-electron chi connectivity index (χ0n) is 23.8. The fraction of sp³-hybridized carbons (Fsp3) is 0.200. The summed E-state index contributed by atoms with van der Waals surface area (Å²) in [5, 5.41) is 3.65. The number of hydrogen-bond donors (Lipinski definition) is 0. The van der Waals surface area contributed by atoms with E-state index in [4.69, 9.17) is 26.6 Å². The van der Waals surface area contributed by atoms with Crippen LogP contribution in [-0.2, 0) is 13.3 Å². The van der Waals surface area contributed by atoms with Crippen LogP contribution >= 0.6 is 0 Å². The van der Waals surface area contributed by atoms with Crippen LogP contribution in [0.5, 0.6) is 17.2 Å². The Kier molecular flexibility index (Phi) is 9.51. The summed E-state index contributed by atoms with van der Waals surface area (Å²) in [6, 6.07) is 33.7. The lowest BCUT2D eigenvalue weighted by atomic mass is 10.3. The molecule has 0 heterocycles. The van der Waals surface area contributed by atoms with Gasteiger partial charge in [-0.05, 0) is 30.9 Å². The zero-order chi connectivity index (χ0) is 28.8. The molecule has 40 heavy (non-hydrogen) atoms. The molecule has 10 heteroatoms. The Balaban J connectivity index is 1.88. The average molecular weight is 604 g/mol. The minimum Gasteiger partial charge on any atom is -0.514 e. The van der Waals surface area contributed by atoms with Crippen LogP contribution in [0.15, 0.2) is 103 Å². The van der Waals surface area contributed by atoms with Gasteiger partial charge in [0.05, 0.1) is 10.2 Å². The minimum atomic E-state index is -2.99. The van der Waals surface area contributed by atoms with Crippen LogP contribution < -0.4 is 34.0 Å². The molecule has 0 N–H and O–H groups in total. The Bertz CT molecular complexity index is 1400. The van der Waals surface area contributed by atoms with Gasteiger partial charge in [0.1, 0.15) is 5.75 Å². The smallest absolute Gasteiger partial charge is 0.430 e. The second-order valence-electron chi connectivity index (χ2n) is 9.62. The van der Waals surface area contributed by atoms with Crippen molar-refractivity contribution in [1.29, 1.82) is 0 Å². The van der Waals surface area contributed by atoms with Crippen molar-refractivity contribution in [3.8, 4) is 17.2 Å². The molecular weight excluding hydrogens is 569 g/mol. The van der Waals surface area contributed by atoms with Crippen LogP contribution in [0, 0.1) is 0 Å². The van der Waals surface area contributed by atoms with Gasteiger partial charge >= 0.3 is 25.7 Å². The summed E-state index contributed by atoms with van der Waals surface area (Å²) in [7, 11) is -0.00921. The SMILES string of the molecule is CO[Si](C)(Oc1ccc([Si])c(O[Si](C)(OC)c2ccccc2)c1O[Si](C)(OC)c1ccccc1)c1ccccc1. The van der Waals surface area contributed by atoms with Gasteiger partial charge in [0, 0.05) is 36.9 Å². The van der Waals surface area contributed by atoms with E-state index in [2.05, 4.69) is 10.2 Å². The van der Waals surface area contributed by atoms with E-state index in [1.54, 1.807) is 21.3 Å². The van der Waals surface area contributed by atoms with E-state index in [0.29, 0.717) is 22.4 Å². The first-order valence-electron chi connectivity index (χ1n) is 13.0. The van der Waals surface area contributed by atoms with Crippen molar-refractivity contribution in [3.05, 3.63) is 103 Å². The van der Waals surface area contributed by atoms with E-state index < -0.39 is 25.7 Å². The largest absolute Gasteiger partial charge is 0.514 e. The molecular formula is C30H35O6Si4. The molecule has 0 aliphatic rings. The molecule has 0 aliphatic heterocycles. The van der Waals surface area contributed by atoms with E-state index in [1.807, 2.05) is 123 Å². The normalized spacial score (nSPS) is 15.8. The Morgan fingerprint density at radius 2 is 0.800 bits per heavy atom. The fourth-order valence-electron chi connectivity index (χ4n) is 4.30. The van der Waals surface area contributed by atoms with Gasteiger partial charge in [0.25, 0.3) is 0 Å². The zero-order valence-corrected chi connectivity index (χ0v) is 27.8. The lowest BCUT2D eigenvalue weighted by molar-refractivity contribution is 0.289. The van der Waals surface area contributed by atoms with Crippen molar-refractivity contribution in [1.82, 2.24) is 0 Å². The maximum Gasteiger partial charge on any atom is 0.430 e. The van der Waals surface area contributed by atoms with Gasteiger partial charge in [0.15, 0.2) is 11.5 Å². The monoisotopic (exact) mass is 603 g/mol. The first kappa shape index (κ1) is 30.0. The second-order valence-corrected chi connectivity index (χ2v) is 19.4. The van der Waals surface area contributed by atoms with Crippen LogP contribution in [0.25, 0.3) is 0 Å². The molecule has 4 aromatic carbocycles. The van der Waals surface area contributed by atoms with Crippen LogP contribution in [0.2, 0.25) is 19.6 Å². The van der Waals surface area contributed by atoms with Gasteiger partial charge in [-0.25, -0.2) is 0 Å². The molecule has 4 aromatic rings. The highest BCUT2D eigenvalue weighted by molar-refractivity contribution is 6.82. The van der Waals surface area contributed by atoms with Crippen molar-refractivity contribution < 1.29 is 26.6 Å². The lowest BCUT2D eigenvalue weighted by Crippen LogP contribution is -2.56. The standard InChI is InChI=1S/C30H35O6Si4/c1-31-38(4,24-16-10-7-11-17-24)34-27-22-23-28(37)30(36-40(6,33-3)26-20-14-9-15-21-26)29(27)35-39(5,32-2)25-18-12-8-13-19-25/h7-23H,1-6H3. The van der Waals surface area contributed by atoms with Crippen molar-refractivity contribution >= 4 is 56.7 Å². The van der Waals surface area contributed by atoms with Gasteiger partial charge in [-0.15, -0.1) is 0 Å². The highest BCUT2D eigenvalue weighted by Gasteiger charge is 2.43. The van der Waals surface area contributed by atoms with Gasteiger partial charge in [0.2, 0.25) is 0 Å². The third-order valence-corrected chi connectivity index (χ3v) is 15.7. The summed E-state index contributed by atoms with van der Waals surface area (Å²) in [6.07, 6.45) is 0. The molecule has 4 rings (SSSR count). The lowest BCUT2D eigenvalue weighted by Gasteiger charge is -2.34. The molecule has 0 bridgehead atoms. The highest BCUT2D eigenvalue weighted by Crippen LogP contribution is 2.40. The van der Waals surface area contributed by atoms with Crippen LogP contribution in [0.1, 0.15) is 0 Å². The number of benzene rings is 4. The third kappa shape index (κ3) is 6.33. The minimum absolute atomic E-state index is 0.436. The molecule has 0 amide bonds. The van der Waals surface area contributed by atoms with Crippen molar-refractivity contribution in [2.45, 2.75) is 19.6 Å². The summed E-state index contributed by atoms with van der Waals surface area (Å²) < 4.78 is 38.7. The van der Waals surface area contributed by atoms with Gasteiger partial charge in [-0.1, -0.05) is 97.1 Å². The van der Waals surface area contributed by atoms with Gasteiger partial charge in [-0.2, -0.15) is 0 Å². The number of hydrogen-bond acceptors (Lipinski definition) is 6. The predicted octanol–water partition coefficient (Wildman–Crippen LogP) is 3.49. The van der Waals surface area contributed by atoms with Crippen molar-refractivity contribution in [2.24, 2.45) is 0 Å². The first-order chi connectivity index (χ1) is 19.2. The molecule has 0 aromatic heterocycles.